The van der Waals surface area contributed by atoms with Crippen molar-refractivity contribution in [1.29, 1.82) is 0 Å². The van der Waals surface area contributed by atoms with Crippen LogP contribution >= 0.6 is 11.6 Å². The number of carbonyl (C=O) groups is 1. The van der Waals surface area contributed by atoms with Crippen LogP contribution in [0.5, 0.6) is 0 Å². The summed E-state index contributed by atoms with van der Waals surface area (Å²) in [6.07, 6.45) is 3.99. The highest BCUT2D eigenvalue weighted by atomic mass is 35.5. The predicted octanol–water partition coefficient (Wildman–Crippen LogP) is 3.58. The van der Waals surface area contributed by atoms with Crippen molar-refractivity contribution in [1.82, 2.24) is 10.3 Å². The number of pyridine rings is 1. The summed E-state index contributed by atoms with van der Waals surface area (Å²) in [5.41, 5.74) is 11.6. The summed E-state index contributed by atoms with van der Waals surface area (Å²) in [4.78, 5) is 16.6. The van der Waals surface area contributed by atoms with Gasteiger partial charge in [-0.2, -0.15) is 0 Å². The number of nitrogens with one attached hydrogen (secondary N) is 1. The topological polar surface area (TPSA) is 68.0 Å². The Balaban J connectivity index is 1.92. The van der Waals surface area contributed by atoms with Gasteiger partial charge in [0.15, 0.2) is 0 Å². The van der Waals surface area contributed by atoms with Crippen LogP contribution in [0.4, 0.5) is 5.69 Å². The monoisotopic (exact) mass is 341 g/mol. The number of amides is 1. The van der Waals surface area contributed by atoms with Crippen LogP contribution in [0.15, 0.2) is 29.8 Å². The lowest BCUT2D eigenvalue weighted by Gasteiger charge is -2.42. The van der Waals surface area contributed by atoms with E-state index in [1.165, 1.54) is 5.57 Å². The third-order valence-electron chi connectivity index (χ3n) is 5.22. The Morgan fingerprint density at radius 1 is 1.38 bits per heavy atom. The largest absolute Gasteiger partial charge is 0.398 e. The van der Waals surface area contributed by atoms with E-state index in [4.69, 9.17) is 22.3 Å². The van der Waals surface area contributed by atoms with Crippen LogP contribution in [0.1, 0.15) is 37.4 Å². The van der Waals surface area contributed by atoms with E-state index in [1.807, 2.05) is 18.2 Å². The second kappa shape index (κ2) is 5.49. The summed E-state index contributed by atoms with van der Waals surface area (Å²) in [6.45, 7) is 3.72. The lowest BCUT2D eigenvalue weighted by atomic mass is 9.68. The van der Waals surface area contributed by atoms with Crippen molar-refractivity contribution in [2.24, 2.45) is 5.92 Å². The van der Waals surface area contributed by atoms with Crippen molar-refractivity contribution in [2.45, 2.75) is 38.6 Å². The maximum atomic E-state index is 11.7. The maximum absolute atomic E-state index is 11.7. The summed E-state index contributed by atoms with van der Waals surface area (Å²) in [5, 5.41) is 4.74. The minimum absolute atomic E-state index is 0.00297. The maximum Gasteiger partial charge on any atom is 0.217 e. The fourth-order valence-electron chi connectivity index (χ4n) is 4.28. The molecule has 0 unspecified atom stereocenters. The lowest BCUT2D eigenvalue weighted by molar-refractivity contribution is -0.120. The molecule has 0 saturated carbocycles. The molecule has 4 rings (SSSR count). The van der Waals surface area contributed by atoms with Gasteiger partial charge in [-0.25, -0.2) is 0 Å². The molecule has 2 aliphatic carbocycles. The molecule has 2 aliphatic rings. The smallest absolute Gasteiger partial charge is 0.217 e. The van der Waals surface area contributed by atoms with Gasteiger partial charge in [-0.3, -0.25) is 9.78 Å². The number of anilines is 1. The van der Waals surface area contributed by atoms with Gasteiger partial charge < -0.3 is 11.1 Å². The fraction of sp³-hybridized carbons (Fsp3) is 0.368. The fourth-order valence-corrected chi connectivity index (χ4v) is 4.45. The number of rotatable bonds is 1. The van der Waals surface area contributed by atoms with E-state index in [1.54, 1.807) is 6.92 Å². The van der Waals surface area contributed by atoms with E-state index in [2.05, 4.69) is 18.3 Å². The summed E-state index contributed by atoms with van der Waals surface area (Å²) in [5.74, 6) is 0.440. The molecule has 24 heavy (non-hydrogen) atoms. The van der Waals surface area contributed by atoms with E-state index >= 15 is 0 Å². The molecule has 1 heterocycles. The van der Waals surface area contributed by atoms with Gasteiger partial charge in [-0.15, -0.1) is 0 Å². The average molecular weight is 342 g/mol. The molecular weight excluding hydrogens is 322 g/mol. The average Bonchev–Trinajstić information content (AvgIpc) is 2.49. The lowest BCUT2D eigenvalue weighted by Crippen LogP contribution is -2.48. The number of benzene rings is 1. The van der Waals surface area contributed by atoms with E-state index in [-0.39, 0.29) is 23.8 Å². The minimum atomic E-state index is 0.00297. The SMILES string of the molecule is CC(=O)N[C@@H]1[C@@H]2C=C(C)C[C@H]1c1nc3cc(Cl)ccc3c(N)c1C2. The van der Waals surface area contributed by atoms with Crippen molar-refractivity contribution < 1.29 is 4.79 Å². The number of hydrogen-bond donors (Lipinski definition) is 2. The van der Waals surface area contributed by atoms with Gasteiger partial charge in [0.2, 0.25) is 5.91 Å². The summed E-state index contributed by atoms with van der Waals surface area (Å²) >= 11 is 6.13. The number of hydrogen-bond acceptors (Lipinski definition) is 3. The van der Waals surface area contributed by atoms with Crippen LogP contribution in [0, 0.1) is 5.92 Å². The Hall–Kier alpha value is -2.07. The number of halogens is 1. The van der Waals surface area contributed by atoms with E-state index in [0.717, 1.165) is 40.7 Å². The van der Waals surface area contributed by atoms with Gasteiger partial charge in [0.05, 0.1) is 11.2 Å². The normalized spacial score (nSPS) is 25.1. The van der Waals surface area contributed by atoms with Crippen LogP contribution in [0.2, 0.25) is 5.02 Å². The molecule has 2 bridgehead atoms. The Morgan fingerprint density at radius 2 is 2.17 bits per heavy atom. The molecule has 0 spiro atoms. The first kappa shape index (κ1) is 15.5. The number of allylic oxidation sites excluding steroid dienone is 1. The Labute approximate surface area is 146 Å². The van der Waals surface area contributed by atoms with E-state index in [0.29, 0.717) is 5.02 Å². The molecule has 0 saturated heterocycles. The summed E-state index contributed by atoms with van der Waals surface area (Å²) in [6, 6.07) is 5.74. The van der Waals surface area contributed by atoms with Crippen LogP contribution in [-0.2, 0) is 11.2 Å². The second-order valence-corrected chi connectivity index (χ2v) is 7.41. The highest BCUT2D eigenvalue weighted by molar-refractivity contribution is 6.31. The van der Waals surface area contributed by atoms with Crippen molar-refractivity contribution in [3.63, 3.8) is 0 Å². The van der Waals surface area contributed by atoms with Crippen molar-refractivity contribution in [2.75, 3.05) is 5.73 Å². The highest BCUT2D eigenvalue weighted by Gasteiger charge is 2.41. The molecule has 1 aromatic carbocycles. The molecule has 3 N–H and O–H groups in total. The molecule has 5 heteroatoms. The van der Waals surface area contributed by atoms with Crippen molar-refractivity contribution in [3.05, 3.63) is 46.1 Å². The molecule has 1 amide bonds. The molecule has 0 aliphatic heterocycles. The van der Waals surface area contributed by atoms with E-state index < -0.39 is 0 Å². The van der Waals surface area contributed by atoms with Crippen molar-refractivity contribution in [3.8, 4) is 0 Å². The minimum Gasteiger partial charge on any atom is -0.398 e. The molecular formula is C19H20ClN3O. The first-order valence-corrected chi connectivity index (χ1v) is 8.63. The Kier molecular flexibility index (Phi) is 3.53. The van der Waals surface area contributed by atoms with Gasteiger partial charge in [-0.1, -0.05) is 23.3 Å². The van der Waals surface area contributed by atoms with Crippen LogP contribution in [-0.4, -0.2) is 16.9 Å². The van der Waals surface area contributed by atoms with Gasteiger partial charge in [0.1, 0.15) is 0 Å². The Morgan fingerprint density at radius 3 is 2.92 bits per heavy atom. The first-order valence-electron chi connectivity index (χ1n) is 8.26. The molecule has 3 atom stereocenters. The molecule has 4 nitrogen and oxygen atoms in total. The van der Waals surface area contributed by atoms with E-state index in [9.17, 15) is 4.79 Å². The van der Waals surface area contributed by atoms with Gasteiger partial charge in [-0.05, 0) is 43.5 Å². The standard InChI is InChI=1S/C19H20ClN3O/c1-9-5-11-7-14-17(21)13-4-3-12(20)8-16(13)23-19(14)15(6-9)18(11)22-10(2)24/h3-5,8,11,15,18H,6-7H2,1-2H3,(H2,21,23)(H,22,24)/t11-,15-,18-/m1/s1. The Bertz CT molecular complexity index is 890. The predicted molar refractivity (Wildman–Crippen MR) is 97.1 cm³/mol. The first-order chi connectivity index (χ1) is 11.4. The van der Waals surface area contributed by atoms with Crippen LogP contribution < -0.4 is 11.1 Å². The zero-order valence-electron chi connectivity index (χ0n) is 13.8. The number of carbonyl (C=O) groups excluding carboxylic acids is 1. The van der Waals surface area contributed by atoms with Gasteiger partial charge in [0.25, 0.3) is 0 Å². The molecule has 0 fully saturated rings. The van der Waals surface area contributed by atoms with Gasteiger partial charge in [0, 0.05) is 40.9 Å². The van der Waals surface area contributed by atoms with Crippen molar-refractivity contribution >= 4 is 34.1 Å². The van der Waals surface area contributed by atoms with Crippen LogP contribution in [0.25, 0.3) is 10.9 Å². The highest BCUT2D eigenvalue weighted by Crippen LogP contribution is 2.45. The summed E-state index contributed by atoms with van der Waals surface area (Å²) in [7, 11) is 0. The zero-order chi connectivity index (χ0) is 17.0. The van der Waals surface area contributed by atoms with Gasteiger partial charge >= 0.3 is 0 Å². The number of nitrogens with two attached hydrogens (primary N) is 1. The second-order valence-electron chi connectivity index (χ2n) is 6.97. The number of fused-ring (bicyclic) bond motifs is 5. The number of aromatic nitrogens is 1. The third kappa shape index (κ3) is 2.37. The molecule has 2 aromatic rings. The molecule has 0 radical (unpaired) electrons. The third-order valence-corrected chi connectivity index (χ3v) is 5.46. The molecule has 124 valence electrons. The quantitative estimate of drug-likeness (QED) is 0.779. The summed E-state index contributed by atoms with van der Waals surface area (Å²) < 4.78 is 0. The molecule has 1 aromatic heterocycles. The van der Waals surface area contributed by atoms with Crippen LogP contribution in [0.3, 0.4) is 0 Å². The number of nitrogens with zero attached hydrogens (tertiary/aromatic N) is 1. The number of nitrogen functional groups attached to an aromatic ring is 1. The zero-order valence-corrected chi connectivity index (χ0v) is 14.5.